The van der Waals surface area contributed by atoms with Gasteiger partial charge in [0.1, 0.15) is 17.8 Å². The largest absolute Gasteiger partial charge is 0.481 e. The summed E-state index contributed by atoms with van der Waals surface area (Å²) in [4.78, 5) is 15.4. The average Bonchev–Trinajstić information content (AvgIpc) is 2.42. The molecule has 0 aromatic carbocycles. The van der Waals surface area contributed by atoms with E-state index in [1.807, 2.05) is 0 Å². The van der Waals surface area contributed by atoms with E-state index in [2.05, 4.69) is 10.3 Å². The van der Waals surface area contributed by atoms with Crippen LogP contribution in [0.2, 0.25) is 0 Å². The molecule has 0 saturated carbocycles. The number of hydrogen-bond acceptors (Lipinski definition) is 7. The van der Waals surface area contributed by atoms with E-state index < -0.39 is 23.9 Å². The Hall–Kier alpha value is -2.06. The van der Waals surface area contributed by atoms with Crippen molar-refractivity contribution in [3.63, 3.8) is 0 Å². The Morgan fingerprint density at radius 2 is 2.09 bits per heavy atom. The van der Waals surface area contributed by atoms with Crippen LogP contribution in [0.25, 0.3) is 0 Å². The zero-order valence-corrected chi connectivity index (χ0v) is 13.2. The number of nitrogen functional groups attached to an aromatic ring is 1. The summed E-state index contributed by atoms with van der Waals surface area (Å²) in [5.41, 5.74) is 5.53. The Kier molecular flexibility index (Phi) is 5.95. The Bertz CT molecular complexity index is 516. The van der Waals surface area contributed by atoms with E-state index in [0.717, 1.165) is 0 Å². The van der Waals surface area contributed by atoms with Crippen LogP contribution >= 0.6 is 0 Å². The standard InChI is InChI=1S/C14H23N3O5/c1-14(2,3)22-13(20)17-7-10(18)11(19)9-5-8(15)6-16-12(9)21-4/h5-6,10-11,18-19H,7,15H2,1-4H3,(H,17,20). The summed E-state index contributed by atoms with van der Waals surface area (Å²) < 4.78 is 10.1. The van der Waals surface area contributed by atoms with Gasteiger partial charge in [-0.3, -0.25) is 0 Å². The molecule has 1 aromatic heterocycles. The molecule has 0 radical (unpaired) electrons. The van der Waals surface area contributed by atoms with Gasteiger partial charge < -0.3 is 30.7 Å². The van der Waals surface area contributed by atoms with Gasteiger partial charge in [0.25, 0.3) is 0 Å². The molecule has 2 unspecified atom stereocenters. The summed E-state index contributed by atoms with van der Waals surface area (Å²) in [6.07, 6.45) is -1.90. The molecule has 0 aliphatic carbocycles. The zero-order valence-electron chi connectivity index (χ0n) is 13.2. The minimum atomic E-state index is -1.32. The summed E-state index contributed by atoms with van der Waals surface area (Å²) in [5.74, 6) is 0.151. The SMILES string of the molecule is COc1ncc(N)cc1C(O)C(O)CNC(=O)OC(C)(C)C. The van der Waals surface area contributed by atoms with Gasteiger partial charge in [0, 0.05) is 12.1 Å². The third-order valence-corrected chi connectivity index (χ3v) is 2.63. The maximum absolute atomic E-state index is 11.5. The molecule has 0 aliphatic rings. The van der Waals surface area contributed by atoms with Crippen molar-refractivity contribution in [3.8, 4) is 5.88 Å². The third kappa shape index (κ3) is 5.38. The van der Waals surface area contributed by atoms with Gasteiger partial charge in [-0.2, -0.15) is 0 Å². The van der Waals surface area contributed by atoms with Crippen LogP contribution in [0, 0.1) is 0 Å². The second-order valence-corrected chi connectivity index (χ2v) is 5.76. The van der Waals surface area contributed by atoms with Crippen molar-refractivity contribution >= 4 is 11.8 Å². The maximum atomic E-state index is 11.5. The minimum Gasteiger partial charge on any atom is -0.481 e. The molecule has 0 aliphatic heterocycles. The van der Waals surface area contributed by atoms with E-state index in [1.54, 1.807) is 20.8 Å². The monoisotopic (exact) mass is 313 g/mol. The number of amides is 1. The molecule has 124 valence electrons. The number of hydrogen-bond donors (Lipinski definition) is 4. The molecule has 1 aromatic rings. The van der Waals surface area contributed by atoms with Gasteiger partial charge in [0.2, 0.25) is 5.88 Å². The molecule has 0 fully saturated rings. The van der Waals surface area contributed by atoms with Gasteiger partial charge in [0.15, 0.2) is 0 Å². The number of nitrogens with zero attached hydrogens (tertiary/aromatic N) is 1. The lowest BCUT2D eigenvalue weighted by atomic mass is 10.1. The number of carbonyl (C=O) groups excluding carboxylic acids is 1. The molecule has 1 heterocycles. The van der Waals surface area contributed by atoms with E-state index in [9.17, 15) is 15.0 Å². The van der Waals surface area contributed by atoms with Gasteiger partial charge >= 0.3 is 6.09 Å². The highest BCUT2D eigenvalue weighted by molar-refractivity contribution is 5.67. The molecule has 0 saturated heterocycles. The lowest BCUT2D eigenvalue weighted by molar-refractivity contribution is 0.0116. The first-order valence-electron chi connectivity index (χ1n) is 6.76. The Labute approximate surface area is 129 Å². The molecule has 1 rings (SSSR count). The van der Waals surface area contributed by atoms with Crippen molar-refractivity contribution in [2.75, 3.05) is 19.4 Å². The second-order valence-electron chi connectivity index (χ2n) is 5.76. The van der Waals surface area contributed by atoms with Gasteiger partial charge in [-0.1, -0.05) is 0 Å². The molecule has 22 heavy (non-hydrogen) atoms. The number of rotatable bonds is 5. The van der Waals surface area contributed by atoms with E-state index in [0.29, 0.717) is 5.69 Å². The summed E-state index contributed by atoms with van der Waals surface area (Å²) in [7, 11) is 1.39. The zero-order chi connectivity index (χ0) is 16.9. The Morgan fingerprint density at radius 3 is 2.64 bits per heavy atom. The van der Waals surface area contributed by atoms with Crippen LogP contribution in [-0.2, 0) is 4.74 Å². The molecule has 2 atom stereocenters. The summed E-state index contributed by atoms with van der Waals surface area (Å²) in [6, 6.07) is 1.45. The van der Waals surface area contributed by atoms with Gasteiger partial charge in [-0.15, -0.1) is 0 Å². The van der Waals surface area contributed by atoms with Crippen molar-refractivity contribution in [2.45, 2.75) is 38.6 Å². The van der Waals surface area contributed by atoms with Crippen LogP contribution in [0.1, 0.15) is 32.4 Å². The quantitative estimate of drug-likeness (QED) is 0.626. The molecule has 5 N–H and O–H groups in total. The van der Waals surface area contributed by atoms with Crippen LogP contribution in [0.15, 0.2) is 12.3 Å². The lowest BCUT2D eigenvalue weighted by Crippen LogP contribution is -2.39. The van der Waals surface area contributed by atoms with Crippen molar-refractivity contribution in [3.05, 3.63) is 17.8 Å². The first-order chi connectivity index (χ1) is 10.1. The predicted molar refractivity (Wildman–Crippen MR) is 80.4 cm³/mol. The maximum Gasteiger partial charge on any atom is 0.407 e. The van der Waals surface area contributed by atoms with Crippen LogP contribution in [0.4, 0.5) is 10.5 Å². The van der Waals surface area contributed by atoms with Crippen molar-refractivity contribution < 1.29 is 24.5 Å². The highest BCUT2D eigenvalue weighted by atomic mass is 16.6. The number of ether oxygens (including phenoxy) is 2. The number of aliphatic hydroxyl groups excluding tert-OH is 2. The van der Waals surface area contributed by atoms with Crippen molar-refractivity contribution in [1.82, 2.24) is 10.3 Å². The number of carbonyl (C=O) groups is 1. The van der Waals surface area contributed by atoms with E-state index in [-0.39, 0.29) is 18.0 Å². The fourth-order valence-electron chi connectivity index (χ4n) is 1.69. The minimum absolute atomic E-state index is 0.151. The number of anilines is 1. The summed E-state index contributed by atoms with van der Waals surface area (Å²) in [5, 5.41) is 22.5. The molecule has 1 amide bonds. The van der Waals surface area contributed by atoms with Crippen molar-refractivity contribution in [2.24, 2.45) is 0 Å². The number of nitrogens with one attached hydrogen (secondary N) is 1. The highest BCUT2D eigenvalue weighted by Crippen LogP contribution is 2.26. The smallest absolute Gasteiger partial charge is 0.407 e. The van der Waals surface area contributed by atoms with Crippen LogP contribution in [-0.4, -0.2) is 46.6 Å². The molecule has 0 spiro atoms. The van der Waals surface area contributed by atoms with Gasteiger partial charge in [-0.05, 0) is 26.8 Å². The van der Waals surface area contributed by atoms with E-state index in [4.69, 9.17) is 15.2 Å². The number of nitrogens with two attached hydrogens (primary N) is 1. The fourth-order valence-corrected chi connectivity index (χ4v) is 1.69. The molecular weight excluding hydrogens is 290 g/mol. The Balaban J connectivity index is 2.68. The van der Waals surface area contributed by atoms with E-state index >= 15 is 0 Å². The topological polar surface area (TPSA) is 127 Å². The summed E-state index contributed by atoms with van der Waals surface area (Å²) in [6.45, 7) is 4.97. The van der Waals surface area contributed by atoms with E-state index in [1.165, 1.54) is 19.4 Å². The third-order valence-electron chi connectivity index (χ3n) is 2.63. The molecular formula is C14H23N3O5. The summed E-state index contributed by atoms with van der Waals surface area (Å²) >= 11 is 0. The number of aromatic nitrogens is 1. The van der Waals surface area contributed by atoms with Crippen molar-refractivity contribution in [1.29, 1.82) is 0 Å². The highest BCUT2D eigenvalue weighted by Gasteiger charge is 2.24. The fraction of sp³-hybridized carbons (Fsp3) is 0.571. The predicted octanol–water partition coefficient (Wildman–Crippen LogP) is 0.591. The Morgan fingerprint density at radius 1 is 1.45 bits per heavy atom. The number of aliphatic hydroxyl groups is 2. The second kappa shape index (κ2) is 7.28. The normalized spacial score (nSPS) is 14.1. The van der Waals surface area contributed by atoms with Crippen LogP contribution < -0.4 is 15.8 Å². The number of alkyl carbamates (subject to hydrolysis) is 1. The number of methoxy groups -OCH3 is 1. The van der Waals surface area contributed by atoms with Gasteiger partial charge in [0.05, 0.1) is 19.0 Å². The van der Waals surface area contributed by atoms with Crippen LogP contribution in [0.3, 0.4) is 0 Å². The average molecular weight is 313 g/mol. The molecule has 0 bridgehead atoms. The first-order valence-corrected chi connectivity index (χ1v) is 6.76. The van der Waals surface area contributed by atoms with Crippen LogP contribution in [0.5, 0.6) is 5.88 Å². The van der Waals surface area contributed by atoms with Gasteiger partial charge in [-0.25, -0.2) is 9.78 Å². The number of pyridine rings is 1. The molecule has 8 nitrogen and oxygen atoms in total. The molecule has 8 heteroatoms. The lowest BCUT2D eigenvalue weighted by Gasteiger charge is -2.22. The first kappa shape index (κ1) is 18.0.